The van der Waals surface area contributed by atoms with Crippen molar-refractivity contribution in [3.05, 3.63) is 71.4 Å². The molecular weight excluding hydrogens is 350 g/mol. The summed E-state index contributed by atoms with van der Waals surface area (Å²) in [4.78, 5) is 12.8. The molecule has 132 valence electrons. The smallest absolute Gasteiger partial charge is 0.256 e. The first kappa shape index (κ1) is 16.5. The summed E-state index contributed by atoms with van der Waals surface area (Å²) >= 11 is 0. The van der Waals surface area contributed by atoms with E-state index in [9.17, 15) is 9.00 Å². The van der Waals surface area contributed by atoms with E-state index in [-0.39, 0.29) is 5.91 Å². The number of para-hydroxylation sites is 1. The van der Waals surface area contributed by atoms with Crippen LogP contribution in [0.1, 0.15) is 21.6 Å². The topological polar surface area (TPSA) is 73.2 Å². The van der Waals surface area contributed by atoms with Crippen LogP contribution in [0.25, 0.3) is 5.69 Å². The van der Waals surface area contributed by atoms with Gasteiger partial charge in [-0.15, -0.1) is 0 Å². The van der Waals surface area contributed by atoms with Crippen LogP contribution in [0.2, 0.25) is 0 Å². The molecule has 0 aliphatic carbocycles. The van der Waals surface area contributed by atoms with Gasteiger partial charge in [0.25, 0.3) is 5.91 Å². The number of anilines is 1. The minimum atomic E-state index is -0.975. The summed E-state index contributed by atoms with van der Waals surface area (Å²) in [5.41, 5.74) is 2.93. The van der Waals surface area contributed by atoms with Gasteiger partial charge in [-0.05, 0) is 30.3 Å². The number of rotatable bonds is 4. The van der Waals surface area contributed by atoms with Crippen LogP contribution < -0.4 is 10.1 Å². The quantitative estimate of drug-likeness (QED) is 0.770. The Balaban J connectivity index is 1.73. The summed E-state index contributed by atoms with van der Waals surface area (Å²) in [6.07, 6.45) is 0. The van der Waals surface area contributed by atoms with Gasteiger partial charge in [-0.25, -0.2) is 4.68 Å². The van der Waals surface area contributed by atoms with Gasteiger partial charge in [-0.1, -0.05) is 24.3 Å². The lowest BCUT2D eigenvalue weighted by atomic mass is 10.2. The second kappa shape index (κ2) is 6.76. The zero-order valence-corrected chi connectivity index (χ0v) is 15.0. The van der Waals surface area contributed by atoms with Gasteiger partial charge >= 0.3 is 0 Å². The first-order valence-corrected chi connectivity index (χ1v) is 9.61. The molecule has 2 aromatic carbocycles. The Kier molecular flexibility index (Phi) is 4.30. The number of ether oxygens (including phenoxy) is 1. The lowest BCUT2D eigenvalue weighted by Crippen LogP contribution is -2.16. The Morgan fingerprint density at radius 1 is 1.15 bits per heavy atom. The number of carbonyl (C=O) groups is 1. The summed E-state index contributed by atoms with van der Waals surface area (Å²) in [7, 11) is 0.585. The number of methoxy groups -OCH3 is 1. The first-order chi connectivity index (χ1) is 12.7. The molecule has 0 bridgehead atoms. The van der Waals surface area contributed by atoms with Gasteiger partial charge in [0.1, 0.15) is 11.6 Å². The molecule has 3 aromatic rings. The third-order valence-electron chi connectivity index (χ3n) is 4.23. The molecule has 1 N–H and O–H groups in total. The molecule has 0 radical (unpaired) electrons. The van der Waals surface area contributed by atoms with E-state index in [0.29, 0.717) is 28.6 Å². The highest BCUT2D eigenvalue weighted by atomic mass is 32.2. The molecule has 26 heavy (non-hydrogen) atoms. The van der Waals surface area contributed by atoms with Crippen LogP contribution in [0, 0.1) is 0 Å². The summed E-state index contributed by atoms with van der Waals surface area (Å²) in [5, 5.41) is 7.53. The van der Waals surface area contributed by atoms with Crippen LogP contribution in [0.3, 0.4) is 0 Å². The van der Waals surface area contributed by atoms with Crippen molar-refractivity contribution >= 4 is 22.5 Å². The van der Waals surface area contributed by atoms with Crippen LogP contribution >= 0.6 is 0 Å². The molecule has 0 saturated carbocycles. The zero-order chi connectivity index (χ0) is 18.1. The number of fused-ring (bicyclic) bond motifs is 1. The van der Waals surface area contributed by atoms with E-state index in [1.807, 2.05) is 30.3 Å². The minimum Gasteiger partial charge on any atom is -0.497 e. The number of amides is 1. The van der Waals surface area contributed by atoms with Crippen LogP contribution in [0.15, 0.2) is 54.6 Å². The highest BCUT2D eigenvalue weighted by Gasteiger charge is 2.28. The zero-order valence-electron chi connectivity index (χ0n) is 14.1. The molecule has 6 nitrogen and oxygen atoms in total. The third-order valence-corrected chi connectivity index (χ3v) is 5.44. The summed E-state index contributed by atoms with van der Waals surface area (Å²) in [6, 6.07) is 16.5. The van der Waals surface area contributed by atoms with Crippen LogP contribution in [-0.4, -0.2) is 27.0 Å². The molecule has 0 spiro atoms. The van der Waals surface area contributed by atoms with E-state index >= 15 is 0 Å². The largest absolute Gasteiger partial charge is 0.497 e. The van der Waals surface area contributed by atoms with E-state index < -0.39 is 10.8 Å². The predicted octanol–water partition coefficient (Wildman–Crippen LogP) is 2.90. The summed E-state index contributed by atoms with van der Waals surface area (Å²) in [5.74, 6) is 1.74. The van der Waals surface area contributed by atoms with Crippen molar-refractivity contribution in [1.82, 2.24) is 9.78 Å². The minimum absolute atomic E-state index is 0.263. The number of aromatic nitrogens is 2. The Labute approximate surface area is 153 Å². The maximum atomic E-state index is 12.8. The van der Waals surface area contributed by atoms with E-state index in [0.717, 1.165) is 16.9 Å². The Bertz CT molecular complexity index is 999. The molecule has 1 aliphatic heterocycles. The van der Waals surface area contributed by atoms with Crippen molar-refractivity contribution in [3.8, 4) is 11.4 Å². The highest BCUT2D eigenvalue weighted by Crippen LogP contribution is 2.31. The van der Waals surface area contributed by atoms with Gasteiger partial charge in [0.2, 0.25) is 0 Å². The summed E-state index contributed by atoms with van der Waals surface area (Å²) < 4.78 is 18.8. The normalized spacial score (nSPS) is 15.5. The average molecular weight is 367 g/mol. The predicted molar refractivity (Wildman–Crippen MR) is 100 cm³/mol. The van der Waals surface area contributed by atoms with Crippen molar-refractivity contribution in [3.63, 3.8) is 0 Å². The number of nitrogens with one attached hydrogen (secondary N) is 1. The van der Waals surface area contributed by atoms with Gasteiger partial charge in [-0.2, -0.15) is 5.10 Å². The van der Waals surface area contributed by atoms with Gasteiger partial charge < -0.3 is 10.1 Å². The maximum absolute atomic E-state index is 12.8. The van der Waals surface area contributed by atoms with Crippen molar-refractivity contribution in [2.75, 3.05) is 12.4 Å². The SMILES string of the molecule is COc1cccc(C(=O)Nc2c3c(nn2-c2ccccc2)C[S@@](=O)C3)c1. The number of nitrogens with zero attached hydrogens (tertiary/aromatic N) is 2. The fourth-order valence-electron chi connectivity index (χ4n) is 2.96. The monoisotopic (exact) mass is 367 g/mol. The standard InChI is InChI=1S/C19H17N3O3S/c1-25-15-9-5-6-13(10-15)19(23)20-18-16-11-26(24)12-17(16)21-22(18)14-7-3-2-4-8-14/h2-10H,11-12H2,1H3,(H,20,23)/t26-/m0/s1. The number of hydrogen-bond donors (Lipinski definition) is 1. The van der Waals surface area contributed by atoms with Gasteiger partial charge in [0.05, 0.1) is 30.0 Å². The second-order valence-electron chi connectivity index (χ2n) is 5.94. The average Bonchev–Trinajstić information content (AvgIpc) is 3.19. The molecule has 1 amide bonds. The molecule has 1 aliphatic rings. The second-order valence-corrected chi connectivity index (χ2v) is 7.39. The van der Waals surface area contributed by atoms with Gasteiger partial charge in [0.15, 0.2) is 0 Å². The van der Waals surface area contributed by atoms with Crippen LogP contribution in [0.5, 0.6) is 5.75 Å². The lowest BCUT2D eigenvalue weighted by Gasteiger charge is -2.11. The molecule has 1 atom stereocenters. The molecule has 1 aromatic heterocycles. The van der Waals surface area contributed by atoms with Crippen molar-refractivity contribution in [1.29, 1.82) is 0 Å². The fraction of sp³-hybridized carbons (Fsp3) is 0.158. The molecule has 7 heteroatoms. The summed E-state index contributed by atoms with van der Waals surface area (Å²) in [6.45, 7) is 0. The molecule has 0 fully saturated rings. The number of hydrogen-bond acceptors (Lipinski definition) is 4. The van der Waals surface area contributed by atoms with E-state index in [2.05, 4.69) is 10.4 Å². The first-order valence-electron chi connectivity index (χ1n) is 8.12. The number of benzene rings is 2. The van der Waals surface area contributed by atoms with E-state index in [4.69, 9.17) is 4.74 Å². The van der Waals surface area contributed by atoms with Crippen molar-refractivity contribution in [2.45, 2.75) is 11.5 Å². The van der Waals surface area contributed by atoms with Crippen LogP contribution in [-0.2, 0) is 22.3 Å². The molecule has 4 rings (SSSR count). The molecular formula is C19H17N3O3S. The van der Waals surface area contributed by atoms with Crippen molar-refractivity contribution in [2.24, 2.45) is 0 Å². The van der Waals surface area contributed by atoms with Crippen LogP contribution in [0.4, 0.5) is 5.82 Å². The molecule has 0 saturated heterocycles. The van der Waals surface area contributed by atoms with Crippen molar-refractivity contribution < 1.29 is 13.7 Å². The van der Waals surface area contributed by atoms with Gasteiger partial charge in [-0.3, -0.25) is 9.00 Å². The Hall–Kier alpha value is -2.93. The van der Waals surface area contributed by atoms with E-state index in [1.165, 1.54) is 0 Å². The molecule has 2 heterocycles. The number of carbonyl (C=O) groups excluding carboxylic acids is 1. The third kappa shape index (κ3) is 3.01. The maximum Gasteiger partial charge on any atom is 0.256 e. The Morgan fingerprint density at radius 3 is 2.73 bits per heavy atom. The van der Waals surface area contributed by atoms with E-state index in [1.54, 1.807) is 36.1 Å². The Morgan fingerprint density at radius 2 is 1.96 bits per heavy atom. The molecule has 0 unspecified atom stereocenters. The highest BCUT2D eigenvalue weighted by molar-refractivity contribution is 7.83. The fourth-order valence-corrected chi connectivity index (χ4v) is 4.22. The van der Waals surface area contributed by atoms with Gasteiger partial charge in [0, 0.05) is 21.9 Å². The lowest BCUT2D eigenvalue weighted by molar-refractivity contribution is 0.102.